The van der Waals surface area contributed by atoms with Crippen molar-refractivity contribution in [1.82, 2.24) is 5.32 Å². The molecular weight excluding hydrogens is 166 g/mol. The Kier molecular flexibility index (Phi) is 5.81. The highest BCUT2D eigenvalue weighted by Crippen LogP contribution is 2.12. The first-order valence-corrected chi connectivity index (χ1v) is 4.87. The fraction of sp³-hybridized carbons (Fsp3) is 0.800. The van der Waals surface area contributed by atoms with E-state index in [-0.39, 0.29) is 0 Å². The maximum atomic E-state index is 5.26. The molecule has 1 saturated heterocycles. The highest BCUT2D eigenvalue weighted by atomic mass is 16.5. The Bertz CT molecular complexity index is 142. The van der Waals surface area contributed by atoms with Crippen LogP contribution in [0, 0.1) is 5.92 Å². The van der Waals surface area contributed by atoms with E-state index in [2.05, 4.69) is 17.5 Å². The van der Waals surface area contributed by atoms with Gasteiger partial charge in [-0.05, 0) is 6.42 Å². The molecule has 1 aliphatic rings. The largest absolute Gasteiger partial charge is 0.383 e. The van der Waals surface area contributed by atoms with Crippen LogP contribution in [0.15, 0.2) is 12.2 Å². The van der Waals surface area contributed by atoms with Gasteiger partial charge in [-0.15, -0.1) is 0 Å². The maximum Gasteiger partial charge on any atom is 0.0587 e. The fourth-order valence-electron chi connectivity index (χ4n) is 1.32. The molecule has 0 aromatic rings. The standard InChI is InChI=1S/C10H19NO2/c1-12-8-6-11-5-2-3-10-4-7-13-9-10/h2-3,10-11H,4-9H2,1H3. The summed E-state index contributed by atoms with van der Waals surface area (Å²) >= 11 is 0. The van der Waals surface area contributed by atoms with Gasteiger partial charge in [-0.2, -0.15) is 0 Å². The molecule has 0 aliphatic carbocycles. The van der Waals surface area contributed by atoms with Crippen LogP contribution in [-0.2, 0) is 9.47 Å². The normalized spacial score (nSPS) is 23.0. The highest BCUT2D eigenvalue weighted by molar-refractivity contribution is 4.91. The van der Waals surface area contributed by atoms with Crippen LogP contribution in [0.1, 0.15) is 6.42 Å². The molecule has 1 N–H and O–H groups in total. The first kappa shape index (κ1) is 10.7. The zero-order valence-electron chi connectivity index (χ0n) is 8.29. The Labute approximate surface area is 80.1 Å². The summed E-state index contributed by atoms with van der Waals surface area (Å²) in [6.07, 6.45) is 5.59. The topological polar surface area (TPSA) is 30.5 Å². The summed E-state index contributed by atoms with van der Waals surface area (Å²) in [7, 11) is 1.72. The van der Waals surface area contributed by atoms with Gasteiger partial charge in [0.05, 0.1) is 13.2 Å². The van der Waals surface area contributed by atoms with Crippen LogP contribution in [0.2, 0.25) is 0 Å². The van der Waals surface area contributed by atoms with Gasteiger partial charge in [-0.1, -0.05) is 12.2 Å². The van der Waals surface area contributed by atoms with Crippen molar-refractivity contribution >= 4 is 0 Å². The molecule has 0 saturated carbocycles. The second-order valence-corrected chi connectivity index (χ2v) is 3.25. The molecule has 1 fully saturated rings. The van der Waals surface area contributed by atoms with Crippen LogP contribution in [0.4, 0.5) is 0 Å². The minimum atomic E-state index is 0.643. The lowest BCUT2D eigenvalue weighted by atomic mass is 10.1. The lowest BCUT2D eigenvalue weighted by molar-refractivity contribution is 0.191. The van der Waals surface area contributed by atoms with Crippen LogP contribution < -0.4 is 5.32 Å². The van der Waals surface area contributed by atoms with Crippen LogP contribution in [0.5, 0.6) is 0 Å². The van der Waals surface area contributed by atoms with Gasteiger partial charge in [0.25, 0.3) is 0 Å². The van der Waals surface area contributed by atoms with Crippen LogP contribution in [0.25, 0.3) is 0 Å². The third-order valence-electron chi connectivity index (χ3n) is 2.12. The zero-order valence-corrected chi connectivity index (χ0v) is 8.29. The van der Waals surface area contributed by atoms with E-state index in [0.717, 1.165) is 32.9 Å². The van der Waals surface area contributed by atoms with Gasteiger partial charge in [0.1, 0.15) is 0 Å². The van der Waals surface area contributed by atoms with Gasteiger partial charge in [-0.25, -0.2) is 0 Å². The van der Waals surface area contributed by atoms with Gasteiger partial charge in [-0.3, -0.25) is 0 Å². The van der Waals surface area contributed by atoms with Crippen molar-refractivity contribution in [3.63, 3.8) is 0 Å². The van der Waals surface area contributed by atoms with E-state index in [1.165, 1.54) is 6.42 Å². The average molecular weight is 185 g/mol. The molecule has 0 spiro atoms. The van der Waals surface area contributed by atoms with E-state index in [4.69, 9.17) is 9.47 Å². The SMILES string of the molecule is COCCNCC=CC1CCOC1. The molecule has 0 aromatic carbocycles. The molecule has 1 rings (SSSR count). The van der Waals surface area contributed by atoms with Gasteiger partial charge < -0.3 is 14.8 Å². The average Bonchev–Trinajstić information content (AvgIpc) is 2.63. The molecule has 3 heteroatoms. The third-order valence-corrected chi connectivity index (χ3v) is 2.12. The fourth-order valence-corrected chi connectivity index (χ4v) is 1.32. The van der Waals surface area contributed by atoms with Crippen LogP contribution >= 0.6 is 0 Å². The summed E-state index contributed by atoms with van der Waals surface area (Å²) in [6, 6.07) is 0. The van der Waals surface area contributed by atoms with Gasteiger partial charge in [0, 0.05) is 32.7 Å². The minimum Gasteiger partial charge on any atom is -0.383 e. The molecule has 1 aliphatic heterocycles. The van der Waals surface area contributed by atoms with Crippen molar-refractivity contribution in [1.29, 1.82) is 0 Å². The Balaban J connectivity index is 1.91. The lowest BCUT2D eigenvalue weighted by Crippen LogP contribution is -2.19. The Hall–Kier alpha value is -0.380. The monoisotopic (exact) mass is 185 g/mol. The number of hydrogen-bond donors (Lipinski definition) is 1. The third kappa shape index (κ3) is 5.03. The van der Waals surface area contributed by atoms with E-state index in [1.54, 1.807) is 7.11 Å². The first-order valence-electron chi connectivity index (χ1n) is 4.87. The van der Waals surface area contributed by atoms with E-state index >= 15 is 0 Å². The Morgan fingerprint density at radius 1 is 1.62 bits per heavy atom. The van der Waals surface area contributed by atoms with Crippen molar-refractivity contribution in [2.75, 3.05) is 40.0 Å². The van der Waals surface area contributed by atoms with Crippen molar-refractivity contribution < 1.29 is 9.47 Å². The number of methoxy groups -OCH3 is 1. The maximum absolute atomic E-state index is 5.26. The molecule has 0 aromatic heterocycles. The summed E-state index contributed by atoms with van der Waals surface area (Å²) < 4.78 is 10.2. The number of hydrogen-bond acceptors (Lipinski definition) is 3. The first-order chi connectivity index (χ1) is 6.43. The second-order valence-electron chi connectivity index (χ2n) is 3.25. The smallest absolute Gasteiger partial charge is 0.0587 e. The van der Waals surface area contributed by atoms with Crippen molar-refractivity contribution in [3.05, 3.63) is 12.2 Å². The van der Waals surface area contributed by atoms with Crippen LogP contribution in [0.3, 0.4) is 0 Å². The Morgan fingerprint density at radius 3 is 3.23 bits per heavy atom. The van der Waals surface area contributed by atoms with Gasteiger partial charge in [0.2, 0.25) is 0 Å². The van der Waals surface area contributed by atoms with Gasteiger partial charge >= 0.3 is 0 Å². The number of nitrogens with one attached hydrogen (secondary N) is 1. The molecule has 3 nitrogen and oxygen atoms in total. The number of ether oxygens (including phenoxy) is 2. The van der Waals surface area contributed by atoms with E-state index < -0.39 is 0 Å². The van der Waals surface area contributed by atoms with E-state index in [1.807, 2.05) is 0 Å². The summed E-state index contributed by atoms with van der Waals surface area (Å²) in [6.45, 7) is 4.45. The van der Waals surface area contributed by atoms with Crippen LogP contribution in [-0.4, -0.2) is 40.0 Å². The van der Waals surface area contributed by atoms with Crippen molar-refractivity contribution in [3.8, 4) is 0 Å². The lowest BCUT2D eigenvalue weighted by Gasteiger charge is -2.00. The summed E-state index contributed by atoms with van der Waals surface area (Å²) in [5.74, 6) is 0.643. The number of rotatable bonds is 6. The zero-order chi connectivity index (χ0) is 9.36. The predicted molar refractivity (Wildman–Crippen MR) is 52.8 cm³/mol. The van der Waals surface area contributed by atoms with E-state index in [0.29, 0.717) is 5.92 Å². The molecule has 1 unspecified atom stereocenters. The molecule has 1 atom stereocenters. The van der Waals surface area contributed by atoms with E-state index in [9.17, 15) is 0 Å². The molecule has 76 valence electrons. The van der Waals surface area contributed by atoms with Crippen molar-refractivity contribution in [2.24, 2.45) is 5.92 Å². The summed E-state index contributed by atoms with van der Waals surface area (Å²) in [5, 5.41) is 3.26. The molecule has 0 amide bonds. The molecule has 0 radical (unpaired) electrons. The minimum absolute atomic E-state index is 0.643. The summed E-state index contributed by atoms with van der Waals surface area (Å²) in [5.41, 5.74) is 0. The molecule has 0 bridgehead atoms. The quantitative estimate of drug-likeness (QED) is 0.491. The second kappa shape index (κ2) is 7.06. The van der Waals surface area contributed by atoms with Crippen molar-refractivity contribution in [2.45, 2.75) is 6.42 Å². The Morgan fingerprint density at radius 2 is 2.54 bits per heavy atom. The molecule has 13 heavy (non-hydrogen) atoms. The predicted octanol–water partition coefficient (Wildman–Crippen LogP) is 0.815. The highest BCUT2D eigenvalue weighted by Gasteiger charge is 2.10. The van der Waals surface area contributed by atoms with Gasteiger partial charge in [0.15, 0.2) is 0 Å². The molecule has 1 heterocycles. The molecular formula is C10H19NO2. The summed E-state index contributed by atoms with van der Waals surface area (Å²) in [4.78, 5) is 0.